The van der Waals surface area contributed by atoms with Gasteiger partial charge in [0, 0.05) is 49.3 Å². The van der Waals surface area contributed by atoms with E-state index >= 15 is 0 Å². The number of piperidine rings is 1. The van der Waals surface area contributed by atoms with E-state index in [1.807, 2.05) is 0 Å². The lowest BCUT2D eigenvalue weighted by Crippen LogP contribution is -2.45. The van der Waals surface area contributed by atoms with Crippen LogP contribution in [0.25, 0.3) is 10.9 Å². The Hall–Kier alpha value is -1.36. The van der Waals surface area contributed by atoms with Gasteiger partial charge in [-0.05, 0) is 74.8 Å². The number of H-pyrrole nitrogens is 1. The Morgan fingerprint density at radius 3 is 2.81 bits per heavy atom. The molecule has 4 heteroatoms. The number of aromatic nitrogens is 1. The fourth-order valence-corrected chi connectivity index (χ4v) is 5.44. The maximum atomic E-state index is 6.14. The van der Waals surface area contributed by atoms with Crippen LogP contribution in [0.3, 0.4) is 0 Å². The summed E-state index contributed by atoms with van der Waals surface area (Å²) in [4.78, 5) is 8.54. The van der Waals surface area contributed by atoms with Crippen molar-refractivity contribution in [2.45, 2.75) is 32.2 Å². The molecule has 3 heterocycles. The number of rotatable bonds is 6. The van der Waals surface area contributed by atoms with Crippen molar-refractivity contribution in [3.8, 4) is 0 Å². The van der Waals surface area contributed by atoms with E-state index in [-0.39, 0.29) is 0 Å². The average Bonchev–Trinajstić information content (AvgIpc) is 3.26. The minimum absolute atomic E-state index is 0.481. The second-order valence-corrected chi connectivity index (χ2v) is 9.37. The number of nitrogens with zero attached hydrogens (tertiary/aromatic N) is 2. The third-order valence-corrected chi connectivity index (χ3v) is 7.28. The highest BCUT2D eigenvalue weighted by Gasteiger charge is 2.47. The van der Waals surface area contributed by atoms with Crippen LogP contribution in [0.2, 0.25) is 0 Å². The molecule has 1 saturated carbocycles. The summed E-state index contributed by atoms with van der Waals surface area (Å²) in [5, 5.41) is 1.38. The van der Waals surface area contributed by atoms with Crippen molar-refractivity contribution in [3.63, 3.8) is 0 Å². The van der Waals surface area contributed by atoms with Gasteiger partial charge in [0.1, 0.15) is 0 Å². The molecule has 27 heavy (non-hydrogen) atoms. The summed E-state index contributed by atoms with van der Waals surface area (Å²) in [5.41, 5.74) is 3.19. The first-order valence-electron chi connectivity index (χ1n) is 10.8. The fraction of sp³-hybridized carbons (Fsp3) is 0.652. The number of aromatic amines is 1. The highest BCUT2D eigenvalue weighted by molar-refractivity contribution is 5.82. The molecule has 1 atom stereocenters. The smallest absolute Gasteiger partial charge is 0.0512 e. The zero-order valence-electron chi connectivity index (χ0n) is 16.6. The van der Waals surface area contributed by atoms with Crippen LogP contribution in [0.5, 0.6) is 0 Å². The Labute approximate surface area is 162 Å². The normalized spacial score (nSPS) is 26.3. The van der Waals surface area contributed by atoms with Gasteiger partial charge in [0.15, 0.2) is 0 Å². The van der Waals surface area contributed by atoms with Gasteiger partial charge in [0.05, 0.1) is 6.61 Å². The van der Waals surface area contributed by atoms with Gasteiger partial charge in [-0.2, -0.15) is 0 Å². The molecule has 5 rings (SSSR count). The first-order valence-corrected chi connectivity index (χ1v) is 10.8. The Balaban J connectivity index is 1.21. The third-order valence-electron chi connectivity index (χ3n) is 7.28. The minimum atomic E-state index is 0.481. The van der Waals surface area contributed by atoms with E-state index in [1.165, 1.54) is 68.3 Å². The number of nitrogens with one attached hydrogen (secondary N) is 1. The van der Waals surface area contributed by atoms with Crippen LogP contribution in [-0.2, 0) is 11.3 Å². The molecule has 2 saturated heterocycles. The second kappa shape index (κ2) is 7.23. The molecule has 2 aliphatic heterocycles. The highest BCUT2D eigenvalue weighted by atomic mass is 16.5. The largest absolute Gasteiger partial charge is 0.381 e. The molecule has 0 radical (unpaired) electrons. The summed E-state index contributed by atoms with van der Waals surface area (Å²) in [7, 11) is 2.29. The topological polar surface area (TPSA) is 31.5 Å². The molecule has 1 aromatic heterocycles. The van der Waals surface area contributed by atoms with Gasteiger partial charge < -0.3 is 14.6 Å². The van der Waals surface area contributed by atoms with Crippen LogP contribution in [0.15, 0.2) is 30.5 Å². The van der Waals surface area contributed by atoms with Crippen molar-refractivity contribution in [1.82, 2.24) is 14.8 Å². The molecular weight excluding hydrogens is 334 g/mol. The van der Waals surface area contributed by atoms with Crippen LogP contribution in [0, 0.1) is 17.3 Å². The van der Waals surface area contributed by atoms with Crippen molar-refractivity contribution < 1.29 is 4.74 Å². The van der Waals surface area contributed by atoms with E-state index in [1.54, 1.807) is 0 Å². The maximum Gasteiger partial charge on any atom is 0.0512 e. The Kier molecular flexibility index (Phi) is 4.75. The standard InChI is InChI=1S/C23H33N3O/c1-25-14-20(16-27-15-18-5-6-18)23(17-25)8-11-26(12-9-23)13-19-3-2-4-22-21(19)7-10-24-22/h2-4,7,10,18,20,24H,5-6,8-9,11-17H2,1H3/t20-/m1/s1. The fourth-order valence-electron chi connectivity index (χ4n) is 5.44. The molecule has 3 aliphatic rings. The van der Waals surface area contributed by atoms with Gasteiger partial charge >= 0.3 is 0 Å². The van der Waals surface area contributed by atoms with Crippen molar-refractivity contribution in [1.29, 1.82) is 0 Å². The van der Waals surface area contributed by atoms with Crippen molar-refractivity contribution >= 4 is 10.9 Å². The Bertz CT molecular complexity index is 773. The number of hydrogen-bond acceptors (Lipinski definition) is 3. The monoisotopic (exact) mass is 367 g/mol. The molecule has 0 bridgehead atoms. The molecular formula is C23H33N3O. The lowest BCUT2D eigenvalue weighted by molar-refractivity contribution is 0.0168. The van der Waals surface area contributed by atoms with Gasteiger partial charge in [0.2, 0.25) is 0 Å². The van der Waals surface area contributed by atoms with Gasteiger partial charge in [-0.1, -0.05) is 12.1 Å². The molecule has 1 aliphatic carbocycles. The predicted molar refractivity (Wildman–Crippen MR) is 110 cm³/mol. The van der Waals surface area contributed by atoms with Crippen LogP contribution >= 0.6 is 0 Å². The van der Waals surface area contributed by atoms with E-state index in [2.05, 4.69) is 52.3 Å². The lowest BCUT2D eigenvalue weighted by atomic mass is 9.71. The van der Waals surface area contributed by atoms with Crippen LogP contribution < -0.4 is 0 Å². The van der Waals surface area contributed by atoms with Gasteiger partial charge in [-0.15, -0.1) is 0 Å². The zero-order valence-corrected chi connectivity index (χ0v) is 16.6. The number of benzene rings is 1. The number of likely N-dealkylation sites (tertiary alicyclic amines) is 2. The van der Waals surface area contributed by atoms with Crippen LogP contribution in [0.4, 0.5) is 0 Å². The highest BCUT2D eigenvalue weighted by Crippen LogP contribution is 2.45. The molecule has 146 valence electrons. The summed E-state index contributed by atoms with van der Waals surface area (Å²) < 4.78 is 6.14. The molecule has 0 unspecified atom stereocenters. The molecule has 1 aromatic carbocycles. The average molecular weight is 368 g/mol. The van der Waals surface area contributed by atoms with Gasteiger partial charge in [-0.3, -0.25) is 4.90 Å². The summed E-state index contributed by atoms with van der Waals surface area (Å²) in [5.74, 6) is 1.59. The van der Waals surface area contributed by atoms with Gasteiger partial charge in [0.25, 0.3) is 0 Å². The number of ether oxygens (including phenoxy) is 1. The zero-order chi connectivity index (χ0) is 18.3. The van der Waals surface area contributed by atoms with Crippen LogP contribution in [-0.4, -0.2) is 61.2 Å². The van der Waals surface area contributed by atoms with E-state index in [9.17, 15) is 0 Å². The van der Waals surface area contributed by atoms with E-state index in [0.717, 1.165) is 31.6 Å². The maximum absolute atomic E-state index is 6.14. The first-order chi connectivity index (χ1) is 13.2. The molecule has 0 amide bonds. The Morgan fingerprint density at radius 1 is 1.15 bits per heavy atom. The molecule has 4 nitrogen and oxygen atoms in total. The first kappa shape index (κ1) is 17.7. The van der Waals surface area contributed by atoms with Crippen LogP contribution in [0.1, 0.15) is 31.2 Å². The van der Waals surface area contributed by atoms with E-state index < -0.39 is 0 Å². The molecule has 1 spiro atoms. The number of fused-ring (bicyclic) bond motifs is 1. The molecule has 3 fully saturated rings. The van der Waals surface area contributed by atoms with Crippen molar-refractivity contribution in [2.24, 2.45) is 17.3 Å². The minimum Gasteiger partial charge on any atom is -0.381 e. The molecule has 2 aromatic rings. The second-order valence-electron chi connectivity index (χ2n) is 9.37. The summed E-state index contributed by atoms with van der Waals surface area (Å²) in [6.45, 7) is 7.96. The van der Waals surface area contributed by atoms with Gasteiger partial charge in [-0.25, -0.2) is 0 Å². The van der Waals surface area contributed by atoms with E-state index in [4.69, 9.17) is 4.74 Å². The van der Waals surface area contributed by atoms with Crippen molar-refractivity contribution in [3.05, 3.63) is 36.0 Å². The quantitative estimate of drug-likeness (QED) is 0.844. The summed E-state index contributed by atoms with van der Waals surface area (Å²) >= 11 is 0. The Morgan fingerprint density at radius 2 is 2.00 bits per heavy atom. The predicted octanol–water partition coefficient (Wildman–Crippen LogP) is 3.74. The lowest BCUT2D eigenvalue weighted by Gasteiger charge is -2.42. The van der Waals surface area contributed by atoms with Crippen molar-refractivity contribution in [2.75, 3.05) is 46.4 Å². The summed E-state index contributed by atoms with van der Waals surface area (Å²) in [6.07, 6.45) is 7.47. The number of hydrogen-bond donors (Lipinski definition) is 1. The summed E-state index contributed by atoms with van der Waals surface area (Å²) in [6, 6.07) is 8.86. The van der Waals surface area contributed by atoms with E-state index in [0.29, 0.717) is 5.41 Å². The third kappa shape index (κ3) is 3.67. The molecule has 1 N–H and O–H groups in total. The SMILES string of the molecule is CN1C[C@H](COCC2CC2)C2(CCN(Cc3cccc4[nH]ccc34)CC2)C1.